The van der Waals surface area contributed by atoms with E-state index in [2.05, 4.69) is 10.5 Å². The second kappa shape index (κ2) is 3.14. The Morgan fingerprint density at radius 3 is 3.07 bits per heavy atom. The molecule has 0 aromatic heterocycles. The first-order valence-electron chi connectivity index (χ1n) is 4.43. The van der Waals surface area contributed by atoms with Crippen molar-refractivity contribution >= 4 is 22.9 Å². The summed E-state index contributed by atoms with van der Waals surface area (Å²) >= 11 is 1.38. The van der Waals surface area contributed by atoms with Crippen LogP contribution in [0.4, 0.5) is 0 Å². The van der Waals surface area contributed by atoms with E-state index in [4.69, 9.17) is 10.8 Å². The minimum absolute atomic E-state index is 0.419. The molecule has 1 atom stereocenters. The van der Waals surface area contributed by atoms with Gasteiger partial charge in [-0.25, -0.2) is 0 Å². The minimum atomic E-state index is -1.04. The van der Waals surface area contributed by atoms with Crippen LogP contribution in [-0.2, 0) is 4.79 Å². The number of carbonyl (C=O) groups is 1. The Labute approximate surface area is 91.2 Å². The molecule has 0 radical (unpaired) electrons. The fraction of sp³-hybridized carbons (Fsp3) is 0.500. The average Bonchev–Trinajstić information content (AvgIpc) is 2.67. The highest BCUT2D eigenvalue weighted by Gasteiger charge is 2.43. The number of aliphatic carboxylic acids is 1. The summed E-state index contributed by atoms with van der Waals surface area (Å²) in [7, 11) is 0. The summed E-state index contributed by atoms with van der Waals surface area (Å²) in [6.07, 6.45) is 0. The standard InChI is InChI=1S/C8H12N4O2S/c1-8(2)11-10-7-12(8)4(3-15-7)5(9)6(13)14/h3,5,11H,9H2,1-2H3,(H,13,14). The lowest BCUT2D eigenvalue weighted by atomic mass is 10.1. The Kier molecular flexibility index (Phi) is 2.16. The molecular weight excluding hydrogens is 216 g/mol. The molecule has 0 bridgehead atoms. The number of carboxylic acids is 1. The number of rotatable bonds is 2. The van der Waals surface area contributed by atoms with Crippen molar-refractivity contribution in [3.05, 3.63) is 11.1 Å². The maximum absolute atomic E-state index is 10.8. The van der Waals surface area contributed by atoms with Crippen LogP contribution in [-0.4, -0.2) is 32.8 Å². The lowest BCUT2D eigenvalue weighted by Crippen LogP contribution is -2.51. The van der Waals surface area contributed by atoms with Crippen molar-refractivity contribution in [2.75, 3.05) is 0 Å². The molecule has 6 nitrogen and oxygen atoms in total. The van der Waals surface area contributed by atoms with Gasteiger partial charge >= 0.3 is 5.97 Å². The van der Waals surface area contributed by atoms with Gasteiger partial charge in [0.05, 0.1) is 5.70 Å². The van der Waals surface area contributed by atoms with Crippen molar-refractivity contribution in [2.24, 2.45) is 10.8 Å². The number of carboxylic acid groups (broad SMARTS) is 1. The summed E-state index contributed by atoms with van der Waals surface area (Å²) in [6.45, 7) is 3.83. The molecule has 0 aliphatic carbocycles. The Bertz CT molecular complexity index is 377. The van der Waals surface area contributed by atoms with Crippen LogP contribution in [0.3, 0.4) is 0 Å². The molecule has 0 saturated carbocycles. The lowest BCUT2D eigenvalue weighted by Gasteiger charge is -2.32. The maximum Gasteiger partial charge on any atom is 0.326 e. The molecule has 0 aromatic rings. The second-order valence-electron chi connectivity index (χ2n) is 3.88. The first-order valence-corrected chi connectivity index (χ1v) is 5.31. The quantitative estimate of drug-likeness (QED) is 0.611. The molecular formula is C8H12N4O2S. The van der Waals surface area contributed by atoms with E-state index in [0.717, 1.165) is 5.17 Å². The van der Waals surface area contributed by atoms with Gasteiger partial charge in [0.25, 0.3) is 0 Å². The summed E-state index contributed by atoms with van der Waals surface area (Å²) in [5.74, 6) is -1.04. The molecule has 82 valence electrons. The smallest absolute Gasteiger partial charge is 0.326 e. The van der Waals surface area contributed by atoms with E-state index < -0.39 is 17.7 Å². The molecule has 1 unspecified atom stereocenters. The third-order valence-corrected chi connectivity index (χ3v) is 3.15. The molecule has 0 aromatic carbocycles. The zero-order chi connectivity index (χ0) is 11.2. The van der Waals surface area contributed by atoms with Crippen LogP contribution in [0.25, 0.3) is 0 Å². The second-order valence-corrected chi connectivity index (χ2v) is 4.71. The van der Waals surface area contributed by atoms with Gasteiger partial charge in [-0.2, -0.15) is 5.10 Å². The van der Waals surface area contributed by atoms with Gasteiger partial charge in [0.1, 0.15) is 11.7 Å². The van der Waals surface area contributed by atoms with E-state index in [1.807, 2.05) is 18.7 Å². The predicted octanol–water partition coefficient (Wildman–Crippen LogP) is -0.101. The number of hydrogen-bond donors (Lipinski definition) is 3. The number of nitrogens with two attached hydrogens (primary N) is 1. The van der Waals surface area contributed by atoms with Crippen LogP contribution in [0.15, 0.2) is 16.2 Å². The fourth-order valence-electron chi connectivity index (χ4n) is 1.54. The van der Waals surface area contributed by atoms with Crippen molar-refractivity contribution in [2.45, 2.75) is 25.6 Å². The molecule has 15 heavy (non-hydrogen) atoms. The van der Waals surface area contributed by atoms with Gasteiger partial charge in [-0.05, 0) is 13.8 Å². The Balaban J connectivity index is 2.29. The number of nitrogens with one attached hydrogen (secondary N) is 1. The predicted molar refractivity (Wildman–Crippen MR) is 57.8 cm³/mol. The molecule has 0 fully saturated rings. The Morgan fingerprint density at radius 1 is 1.80 bits per heavy atom. The number of thioether (sulfide) groups is 1. The van der Waals surface area contributed by atoms with E-state index >= 15 is 0 Å². The summed E-state index contributed by atoms with van der Waals surface area (Å²) in [5.41, 5.74) is 8.67. The van der Waals surface area contributed by atoms with Gasteiger partial charge in [0.15, 0.2) is 5.17 Å². The van der Waals surface area contributed by atoms with Crippen LogP contribution < -0.4 is 11.2 Å². The number of fused-ring (bicyclic) bond motifs is 1. The van der Waals surface area contributed by atoms with Crippen molar-refractivity contribution in [1.82, 2.24) is 10.3 Å². The number of hydrazone groups is 1. The van der Waals surface area contributed by atoms with Crippen molar-refractivity contribution in [3.8, 4) is 0 Å². The topological polar surface area (TPSA) is 90.9 Å². The number of hydrogen-bond acceptors (Lipinski definition) is 6. The van der Waals surface area contributed by atoms with Crippen molar-refractivity contribution in [1.29, 1.82) is 0 Å². The van der Waals surface area contributed by atoms with Crippen LogP contribution in [0.2, 0.25) is 0 Å². The highest BCUT2D eigenvalue weighted by molar-refractivity contribution is 8.16. The van der Waals surface area contributed by atoms with Crippen LogP contribution >= 0.6 is 11.8 Å². The van der Waals surface area contributed by atoms with E-state index in [1.54, 1.807) is 5.41 Å². The maximum atomic E-state index is 10.8. The first kappa shape index (κ1) is 10.3. The van der Waals surface area contributed by atoms with Crippen molar-refractivity contribution < 1.29 is 9.90 Å². The van der Waals surface area contributed by atoms with Gasteiger partial charge in [0, 0.05) is 5.41 Å². The van der Waals surface area contributed by atoms with Gasteiger partial charge in [-0.15, -0.1) is 0 Å². The minimum Gasteiger partial charge on any atom is -0.480 e. The molecule has 2 rings (SSSR count). The summed E-state index contributed by atoms with van der Waals surface area (Å²) in [5, 5.41) is 15.4. The van der Waals surface area contributed by atoms with Gasteiger partial charge < -0.3 is 10.8 Å². The normalized spacial score (nSPS) is 24.1. The molecule has 7 heteroatoms. The molecule has 0 saturated heterocycles. The highest BCUT2D eigenvalue weighted by Crippen LogP contribution is 2.36. The van der Waals surface area contributed by atoms with Gasteiger partial charge in [0.2, 0.25) is 0 Å². The largest absolute Gasteiger partial charge is 0.480 e. The number of nitrogens with zero attached hydrogens (tertiary/aromatic N) is 2. The fourth-order valence-corrected chi connectivity index (χ4v) is 2.56. The zero-order valence-corrected chi connectivity index (χ0v) is 9.21. The van der Waals surface area contributed by atoms with Crippen LogP contribution in [0, 0.1) is 0 Å². The monoisotopic (exact) mass is 228 g/mol. The average molecular weight is 228 g/mol. The molecule has 2 aliphatic rings. The molecule has 4 N–H and O–H groups in total. The van der Waals surface area contributed by atoms with E-state index in [1.165, 1.54) is 11.8 Å². The summed E-state index contributed by atoms with van der Waals surface area (Å²) in [4.78, 5) is 12.6. The van der Waals surface area contributed by atoms with Crippen molar-refractivity contribution in [3.63, 3.8) is 0 Å². The molecule has 0 spiro atoms. The Morgan fingerprint density at radius 2 is 2.47 bits per heavy atom. The number of amidine groups is 1. The summed E-state index contributed by atoms with van der Waals surface area (Å²) in [6, 6.07) is -1.01. The molecule has 2 heterocycles. The van der Waals surface area contributed by atoms with E-state index in [9.17, 15) is 4.79 Å². The third-order valence-electron chi connectivity index (χ3n) is 2.30. The highest BCUT2D eigenvalue weighted by atomic mass is 32.2. The van der Waals surface area contributed by atoms with Gasteiger partial charge in [-0.1, -0.05) is 11.8 Å². The molecule has 2 aliphatic heterocycles. The zero-order valence-electron chi connectivity index (χ0n) is 8.39. The lowest BCUT2D eigenvalue weighted by molar-refractivity contribution is -0.137. The molecule has 0 amide bonds. The SMILES string of the molecule is CC1(C)NN=C2SC=C(C(N)C(=O)O)N21. The van der Waals surface area contributed by atoms with E-state index in [0.29, 0.717) is 5.70 Å². The van der Waals surface area contributed by atoms with E-state index in [-0.39, 0.29) is 0 Å². The Hall–Kier alpha value is -1.21. The van der Waals surface area contributed by atoms with Crippen LogP contribution in [0.1, 0.15) is 13.8 Å². The van der Waals surface area contributed by atoms with Crippen LogP contribution in [0.5, 0.6) is 0 Å². The van der Waals surface area contributed by atoms with Gasteiger partial charge in [-0.3, -0.25) is 15.1 Å². The third kappa shape index (κ3) is 1.47. The first-order chi connectivity index (χ1) is 6.93. The summed E-state index contributed by atoms with van der Waals surface area (Å²) < 4.78 is 0.